The number of aliphatic hydroxyl groups is 1. The number of benzene rings is 1. The Morgan fingerprint density at radius 3 is 2.72 bits per heavy atom. The second-order valence-electron chi connectivity index (χ2n) is 4.43. The van der Waals surface area contributed by atoms with Gasteiger partial charge in [0, 0.05) is 12.1 Å². The van der Waals surface area contributed by atoms with Gasteiger partial charge in [-0.15, -0.1) is 5.10 Å². The van der Waals surface area contributed by atoms with Crippen molar-refractivity contribution in [3.05, 3.63) is 35.5 Å². The van der Waals surface area contributed by atoms with E-state index in [9.17, 15) is 5.11 Å². The Bertz CT molecular complexity index is 520. The molecule has 0 aliphatic heterocycles. The third-order valence-corrected chi connectivity index (χ3v) is 3.08. The first-order valence-corrected chi connectivity index (χ1v) is 6.37. The van der Waals surface area contributed by atoms with E-state index in [0.717, 1.165) is 30.6 Å². The molecule has 4 heteroatoms. The van der Waals surface area contributed by atoms with Crippen LogP contribution in [0.3, 0.4) is 0 Å². The number of nitrogens with zero attached hydrogens (tertiary/aromatic N) is 3. The van der Waals surface area contributed by atoms with Gasteiger partial charge in [-0.1, -0.05) is 42.8 Å². The zero-order valence-electron chi connectivity index (χ0n) is 10.9. The van der Waals surface area contributed by atoms with Crippen molar-refractivity contribution < 1.29 is 5.11 Å². The van der Waals surface area contributed by atoms with Gasteiger partial charge in [-0.25, -0.2) is 4.68 Å². The third kappa shape index (κ3) is 2.43. The molecule has 1 aromatic carbocycles. The summed E-state index contributed by atoms with van der Waals surface area (Å²) in [5, 5.41) is 17.6. The molecule has 0 spiro atoms. The van der Waals surface area contributed by atoms with Crippen LogP contribution < -0.4 is 0 Å². The van der Waals surface area contributed by atoms with Crippen molar-refractivity contribution in [1.29, 1.82) is 0 Å². The van der Waals surface area contributed by atoms with E-state index in [0.29, 0.717) is 5.69 Å². The number of rotatable bonds is 5. The van der Waals surface area contributed by atoms with E-state index in [1.165, 1.54) is 5.56 Å². The zero-order chi connectivity index (χ0) is 13.0. The zero-order valence-corrected chi connectivity index (χ0v) is 10.9. The molecule has 0 unspecified atom stereocenters. The Morgan fingerprint density at radius 2 is 2.06 bits per heavy atom. The second-order valence-corrected chi connectivity index (χ2v) is 4.43. The third-order valence-electron chi connectivity index (χ3n) is 3.08. The summed E-state index contributed by atoms with van der Waals surface area (Å²) in [6, 6.07) is 8.13. The molecule has 0 radical (unpaired) electrons. The number of hydrogen-bond acceptors (Lipinski definition) is 3. The highest BCUT2D eigenvalue weighted by Gasteiger charge is 2.15. The minimum atomic E-state index is -0.0736. The van der Waals surface area contributed by atoms with Crippen molar-refractivity contribution in [2.75, 3.05) is 0 Å². The van der Waals surface area contributed by atoms with Crippen LogP contribution in [0, 0.1) is 6.92 Å². The van der Waals surface area contributed by atoms with Crippen molar-refractivity contribution in [3.63, 3.8) is 0 Å². The highest BCUT2D eigenvalue weighted by atomic mass is 16.3. The SMILES string of the molecule is CCCCn1nnc(CO)c1-c1ccccc1C. The lowest BCUT2D eigenvalue weighted by molar-refractivity contribution is 0.277. The smallest absolute Gasteiger partial charge is 0.116 e. The van der Waals surface area contributed by atoms with Crippen LogP contribution in [0.4, 0.5) is 0 Å². The first-order chi connectivity index (χ1) is 8.77. The first kappa shape index (κ1) is 12.8. The van der Waals surface area contributed by atoms with E-state index in [4.69, 9.17) is 0 Å². The molecule has 0 amide bonds. The average Bonchev–Trinajstić information content (AvgIpc) is 2.79. The summed E-state index contributed by atoms with van der Waals surface area (Å²) >= 11 is 0. The second kappa shape index (κ2) is 5.78. The fourth-order valence-corrected chi connectivity index (χ4v) is 2.05. The Balaban J connectivity index is 2.47. The van der Waals surface area contributed by atoms with Crippen molar-refractivity contribution in [1.82, 2.24) is 15.0 Å². The first-order valence-electron chi connectivity index (χ1n) is 6.37. The van der Waals surface area contributed by atoms with Gasteiger partial charge in [0.1, 0.15) is 5.69 Å². The summed E-state index contributed by atoms with van der Waals surface area (Å²) in [6.07, 6.45) is 2.18. The Kier molecular flexibility index (Phi) is 4.10. The molecule has 2 rings (SSSR count). The predicted molar refractivity (Wildman–Crippen MR) is 71.0 cm³/mol. The molecule has 0 aliphatic rings. The highest BCUT2D eigenvalue weighted by Crippen LogP contribution is 2.25. The van der Waals surface area contributed by atoms with Gasteiger partial charge in [0.2, 0.25) is 0 Å². The predicted octanol–water partition coefficient (Wildman–Crippen LogP) is 2.55. The van der Waals surface area contributed by atoms with Gasteiger partial charge in [0.25, 0.3) is 0 Å². The summed E-state index contributed by atoms with van der Waals surface area (Å²) in [4.78, 5) is 0. The molecular formula is C14H19N3O. The van der Waals surface area contributed by atoms with Gasteiger partial charge in [0.05, 0.1) is 12.3 Å². The van der Waals surface area contributed by atoms with Gasteiger partial charge < -0.3 is 5.11 Å². The number of aromatic nitrogens is 3. The van der Waals surface area contributed by atoms with E-state index < -0.39 is 0 Å². The van der Waals surface area contributed by atoms with Crippen LogP contribution in [0.25, 0.3) is 11.3 Å². The molecule has 1 aromatic heterocycles. The Hall–Kier alpha value is -1.68. The largest absolute Gasteiger partial charge is 0.390 e. The topological polar surface area (TPSA) is 50.9 Å². The van der Waals surface area contributed by atoms with Crippen LogP contribution in [0.1, 0.15) is 31.0 Å². The molecule has 0 bridgehead atoms. The van der Waals surface area contributed by atoms with Crippen LogP contribution in [-0.4, -0.2) is 20.1 Å². The minimum absolute atomic E-state index is 0.0736. The molecule has 1 N–H and O–H groups in total. The molecule has 18 heavy (non-hydrogen) atoms. The maximum atomic E-state index is 9.39. The Labute approximate surface area is 107 Å². The summed E-state index contributed by atoms with van der Waals surface area (Å²) < 4.78 is 1.90. The fraction of sp³-hybridized carbons (Fsp3) is 0.429. The van der Waals surface area contributed by atoms with Gasteiger partial charge in [-0.05, 0) is 18.9 Å². The molecule has 0 fully saturated rings. The standard InChI is InChI=1S/C14H19N3O/c1-3-4-9-17-14(13(10-18)15-16-17)12-8-6-5-7-11(12)2/h5-8,18H,3-4,9-10H2,1-2H3. The molecule has 0 atom stereocenters. The number of aliphatic hydroxyl groups excluding tert-OH is 1. The number of aryl methyl sites for hydroxylation is 2. The quantitative estimate of drug-likeness (QED) is 0.880. The molecule has 0 saturated carbocycles. The van der Waals surface area contributed by atoms with Crippen molar-refractivity contribution in [3.8, 4) is 11.3 Å². The van der Waals surface area contributed by atoms with Gasteiger partial charge >= 0.3 is 0 Å². The molecule has 0 aliphatic carbocycles. The molecular weight excluding hydrogens is 226 g/mol. The van der Waals surface area contributed by atoms with Crippen LogP contribution in [0.5, 0.6) is 0 Å². The maximum Gasteiger partial charge on any atom is 0.116 e. The molecule has 0 saturated heterocycles. The van der Waals surface area contributed by atoms with Crippen LogP contribution in [-0.2, 0) is 13.2 Å². The maximum absolute atomic E-state index is 9.39. The van der Waals surface area contributed by atoms with Crippen molar-refractivity contribution >= 4 is 0 Å². The molecule has 1 heterocycles. The van der Waals surface area contributed by atoms with E-state index in [1.54, 1.807) is 0 Å². The fourth-order valence-electron chi connectivity index (χ4n) is 2.05. The van der Waals surface area contributed by atoms with E-state index in [2.05, 4.69) is 36.3 Å². The molecule has 4 nitrogen and oxygen atoms in total. The number of hydrogen-bond donors (Lipinski definition) is 1. The summed E-state index contributed by atoms with van der Waals surface area (Å²) in [7, 11) is 0. The van der Waals surface area contributed by atoms with Crippen LogP contribution in [0.15, 0.2) is 24.3 Å². The average molecular weight is 245 g/mol. The van der Waals surface area contributed by atoms with Gasteiger partial charge in [-0.2, -0.15) is 0 Å². The minimum Gasteiger partial charge on any atom is -0.390 e. The lowest BCUT2D eigenvalue weighted by atomic mass is 10.0. The number of unbranched alkanes of at least 4 members (excludes halogenated alkanes) is 1. The molecule has 96 valence electrons. The Morgan fingerprint density at radius 1 is 1.28 bits per heavy atom. The lowest BCUT2D eigenvalue weighted by Gasteiger charge is -2.09. The van der Waals surface area contributed by atoms with E-state index >= 15 is 0 Å². The van der Waals surface area contributed by atoms with Crippen molar-refractivity contribution in [2.24, 2.45) is 0 Å². The molecule has 2 aromatic rings. The van der Waals surface area contributed by atoms with E-state index in [1.807, 2.05) is 16.8 Å². The van der Waals surface area contributed by atoms with Gasteiger partial charge in [-0.3, -0.25) is 0 Å². The van der Waals surface area contributed by atoms with Gasteiger partial charge in [0.15, 0.2) is 0 Å². The highest BCUT2D eigenvalue weighted by molar-refractivity contribution is 5.65. The van der Waals surface area contributed by atoms with Crippen LogP contribution >= 0.6 is 0 Å². The monoisotopic (exact) mass is 245 g/mol. The summed E-state index contributed by atoms with van der Waals surface area (Å²) in [5.74, 6) is 0. The summed E-state index contributed by atoms with van der Waals surface area (Å²) in [6.45, 7) is 4.98. The summed E-state index contributed by atoms with van der Waals surface area (Å²) in [5.41, 5.74) is 3.87. The normalized spacial score (nSPS) is 10.8. The lowest BCUT2D eigenvalue weighted by Crippen LogP contribution is -2.04. The van der Waals surface area contributed by atoms with Crippen LogP contribution in [0.2, 0.25) is 0 Å². The van der Waals surface area contributed by atoms with Crippen molar-refractivity contribution in [2.45, 2.75) is 39.8 Å². The van der Waals surface area contributed by atoms with E-state index in [-0.39, 0.29) is 6.61 Å².